The molecule has 2 aliphatic rings. The zero-order valence-electron chi connectivity index (χ0n) is 9.37. The molecule has 1 aliphatic heterocycles. The maximum absolute atomic E-state index is 11.8. The predicted octanol–water partition coefficient (Wildman–Crippen LogP) is 1.36. The Hall–Kier alpha value is -0.770. The van der Waals surface area contributed by atoms with Crippen LogP contribution in [0, 0.1) is 0 Å². The fourth-order valence-electron chi connectivity index (χ4n) is 2.60. The van der Waals surface area contributed by atoms with Crippen LogP contribution in [0.5, 0.6) is 0 Å². The molecule has 4 nitrogen and oxygen atoms in total. The minimum atomic E-state index is 0.0812. The van der Waals surface area contributed by atoms with Gasteiger partial charge in [0.25, 0.3) is 0 Å². The second-order valence-electron chi connectivity index (χ2n) is 4.29. The molecule has 2 unspecified atom stereocenters. The topological polar surface area (TPSA) is 41.6 Å². The lowest BCUT2D eigenvalue weighted by Crippen LogP contribution is -2.57. The Balaban J connectivity index is 2.00. The van der Waals surface area contributed by atoms with Crippen LogP contribution in [0.1, 0.15) is 32.6 Å². The Labute approximate surface area is 91.0 Å². The first-order valence-corrected chi connectivity index (χ1v) is 5.99. The number of hydrogen-bond donors (Lipinski definition) is 1. The number of carbonyl (C=O) groups excluding carboxylic acids is 1. The van der Waals surface area contributed by atoms with Crippen molar-refractivity contribution in [3.8, 4) is 0 Å². The van der Waals surface area contributed by atoms with Crippen molar-refractivity contribution in [2.45, 2.75) is 44.8 Å². The number of carbonyl (C=O) groups is 1. The predicted molar refractivity (Wildman–Crippen MR) is 57.8 cm³/mol. The second kappa shape index (κ2) is 4.84. The molecule has 0 radical (unpaired) electrons. The molecule has 0 aromatic heterocycles. The molecule has 1 N–H and O–H groups in total. The van der Waals surface area contributed by atoms with Crippen molar-refractivity contribution in [2.24, 2.45) is 0 Å². The molecule has 0 spiro atoms. The average Bonchev–Trinajstić information content (AvgIpc) is 2.28. The Morgan fingerprint density at radius 1 is 1.47 bits per heavy atom. The highest BCUT2D eigenvalue weighted by Crippen LogP contribution is 2.28. The molecule has 1 saturated heterocycles. The van der Waals surface area contributed by atoms with Crippen molar-refractivity contribution < 1.29 is 9.53 Å². The Morgan fingerprint density at radius 3 is 3.07 bits per heavy atom. The SMILES string of the molecule is CCNC(=O)N1CCOC2CCCCC21. The van der Waals surface area contributed by atoms with Gasteiger partial charge in [0.2, 0.25) is 0 Å². The summed E-state index contributed by atoms with van der Waals surface area (Å²) in [6, 6.07) is 0.400. The van der Waals surface area contributed by atoms with Gasteiger partial charge in [-0.2, -0.15) is 0 Å². The van der Waals surface area contributed by atoms with Crippen molar-refractivity contribution in [1.82, 2.24) is 10.2 Å². The van der Waals surface area contributed by atoms with Crippen molar-refractivity contribution in [1.29, 1.82) is 0 Å². The van der Waals surface area contributed by atoms with E-state index in [1.54, 1.807) is 0 Å². The lowest BCUT2D eigenvalue weighted by Gasteiger charge is -2.43. The number of nitrogens with zero attached hydrogens (tertiary/aromatic N) is 1. The molecule has 0 aromatic rings. The third-order valence-electron chi connectivity index (χ3n) is 3.32. The first-order chi connectivity index (χ1) is 7.33. The Kier molecular flexibility index (Phi) is 3.46. The minimum Gasteiger partial charge on any atom is -0.374 e. The summed E-state index contributed by atoms with van der Waals surface area (Å²) >= 11 is 0. The van der Waals surface area contributed by atoms with Gasteiger partial charge in [-0.1, -0.05) is 12.8 Å². The van der Waals surface area contributed by atoms with Gasteiger partial charge in [0.1, 0.15) is 0 Å². The van der Waals surface area contributed by atoms with Crippen LogP contribution in [0.4, 0.5) is 4.79 Å². The van der Waals surface area contributed by atoms with Crippen LogP contribution in [0.25, 0.3) is 0 Å². The molecule has 86 valence electrons. The minimum absolute atomic E-state index is 0.0812. The molecule has 1 aliphatic carbocycles. The molecule has 1 saturated carbocycles. The first-order valence-electron chi connectivity index (χ1n) is 5.99. The number of urea groups is 1. The van der Waals surface area contributed by atoms with E-state index in [9.17, 15) is 4.79 Å². The van der Waals surface area contributed by atoms with Gasteiger partial charge in [-0.15, -0.1) is 0 Å². The Bertz CT molecular complexity index is 231. The summed E-state index contributed by atoms with van der Waals surface area (Å²) in [6.07, 6.45) is 4.96. The maximum atomic E-state index is 11.8. The molecule has 2 fully saturated rings. The van der Waals surface area contributed by atoms with Crippen molar-refractivity contribution in [3.63, 3.8) is 0 Å². The van der Waals surface area contributed by atoms with Gasteiger partial charge in [-0.05, 0) is 19.8 Å². The molecule has 0 aromatic carbocycles. The van der Waals surface area contributed by atoms with Crippen LogP contribution in [-0.4, -0.2) is 42.8 Å². The van der Waals surface area contributed by atoms with Crippen LogP contribution in [-0.2, 0) is 4.74 Å². The third-order valence-corrected chi connectivity index (χ3v) is 3.32. The van der Waals surface area contributed by atoms with E-state index in [0.29, 0.717) is 19.2 Å². The van der Waals surface area contributed by atoms with Crippen LogP contribution in [0.15, 0.2) is 0 Å². The van der Waals surface area contributed by atoms with Crippen LogP contribution in [0.3, 0.4) is 0 Å². The van der Waals surface area contributed by atoms with E-state index >= 15 is 0 Å². The van der Waals surface area contributed by atoms with Crippen LogP contribution >= 0.6 is 0 Å². The number of amides is 2. The maximum Gasteiger partial charge on any atom is 0.317 e. The summed E-state index contributed by atoms with van der Waals surface area (Å²) in [5.41, 5.74) is 0. The van der Waals surface area contributed by atoms with E-state index in [1.165, 1.54) is 12.8 Å². The van der Waals surface area contributed by atoms with Gasteiger partial charge in [0.15, 0.2) is 0 Å². The molecule has 15 heavy (non-hydrogen) atoms. The fourth-order valence-corrected chi connectivity index (χ4v) is 2.60. The van der Waals surface area contributed by atoms with Gasteiger partial charge in [0, 0.05) is 13.1 Å². The molecule has 2 amide bonds. The van der Waals surface area contributed by atoms with E-state index in [4.69, 9.17) is 4.74 Å². The highest BCUT2D eigenvalue weighted by Gasteiger charge is 2.36. The lowest BCUT2D eigenvalue weighted by atomic mass is 9.90. The molecule has 1 heterocycles. The monoisotopic (exact) mass is 212 g/mol. The quantitative estimate of drug-likeness (QED) is 0.713. The average molecular weight is 212 g/mol. The van der Waals surface area contributed by atoms with Crippen molar-refractivity contribution in [2.75, 3.05) is 19.7 Å². The van der Waals surface area contributed by atoms with E-state index in [1.807, 2.05) is 11.8 Å². The standard InChI is InChI=1S/C11H20N2O2/c1-2-12-11(14)13-7-8-15-10-6-4-3-5-9(10)13/h9-10H,2-8H2,1H3,(H,12,14). The van der Waals surface area contributed by atoms with Gasteiger partial charge in [0.05, 0.1) is 18.8 Å². The van der Waals surface area contributed by atoms with E-state index in [2.05, 4.69) is 5.32 Å². The Morgan fingerprint density at radius 2 is 2.27 bits per heavy atom. The normalized spacial score (nSPS) is 30.9. The number of fused-ring (bicyclic) bond motifs is 1. The summed E-state index contributed by atoms with van der Waals surface area (Å²) in [6.45, 7) is 4.09. The highest BCUT2D eigenvalue weighted by atomic mass is 16.5. The molecule has 4 heteroatoms. The van der Waals surface area contributed by atoms with Gasteiger partial charge < -0.3 is 15.0 Å². The molecular formula is C11H20N2O2. The number of hydrogen-bond acceptors (Lipinski definition) is 2. The van der Waals surface area contributed by atoms with Gasteiger partial charge in [-0.25, -0.2) is 4.79 Å². The number of nitrogens with one attached hydrogen (secondary N) is 1. The molecule has 2 atom stereocenters. The largest absolute Gasteiger partial charge is 0.374 e. The zero-order chi connectivity index (χ0) is 10.7. The molecule has 2 rings (SSSR count). The zero-order valence-corrected chi connectivity index (χ0v) is 9.37. The van der Waals surface area contributed by atoms with Crippen LogP contribution in [0.2, 0.25) is 0 Å². The lowest BCUT2D eigenvalue weighted by molar-refractivity contribution is -0.0711. The van der Waals surface area contributed by atoms with E-state index < -0.39 is 0 Å². The summed E-state index contributed by atoms with van der Waals surface area (Å²) < 4.78 is 5.72. The van der Waals surface area contributed by atoms with Crippen LogP contribution < -0.4 is 5.32 Å². The van der Waals surface area contributed by atoms with Gasteiger partial charge >= 0.3 is 6.03 Å². The van der Waals surface area contributed by atoms with E-state index in [-0.39, 0.29) is 12.1 Å². The van der Waals surface area contributed by atoms with E-state index in [0.717, 1.165) is 19.4 Å². The van der Waals surface area contributed by atoms with Crippen molar-refractivity contribution >= 4 is 6.03 Å². The smallest absolute Gasteiger partial charge is 0.317 e. The summed E-state index contributed by atoms with van der Waals surface area (Å²) in [4.78, 5) is 13.8. The third kappa shape index (κ3) is 2.25. The number of morpholine rings is 1. The summed E-state index contributed by atoms with van der Waals surface area (Å²) in [5.74, 6) is 0. The fraction of sp³-hybridized carbons (Fsp3) is 0.909. The number of ether oxygens (including phenoxy) is 1. The van der Waals surface area contributed by atoms with Gasteiger partial charge in [-0.3, -0.25) is 0 Å². The first kappa shape index (κ1) is 10.7. The summed E-state index contributed by atoms with van der Waals surface area (Å²) in [7, 11) is 0. The van der Waals surface area contributed by atoms with Crippen molar-refractivity contribution in [3.05, 3.63) is 0 Å². The summed E-state index contributed by atoms with van der Waals surface area (Å²) in [5, 5.41) is 2.88. The second-order valence-corrected chi connectivity index (χ2v) is 4.29. The number of rotatable bonds is 1. The molecule has 0 bridgehead atoms. The molecular weight excluding hydrogens is 192 g/mol. The highest BCUT2D eigenvalue weighted by molar-refractivity contribution is 5.74.